The number of allylic oxidation sites excluding steroid dienone is 2. The summed E-state index contributed by atoms with van der Waals surface area (Å²) in [5, 5.41) is 10.5. The standard InChI is InChI=1S/C33H36ClF2N5O3/c1-4-28(42)39-9-10-40(20(2)18-39)30-25-16-33(3,34)29(23-7-5-21(35)15-27(23)36)24-8-6-22(19-38-11-13-44-14-12-38)41(31(24)25)32(43)26(30)17-37/h4-5,7,15,20,22H,1,6,8-14,16,18-19H2,2-3H3/t20-,22?,33?/m0/s1. The van der Waals surface area contributed by atoms with Gasteiger partial charge in [-0.15, -0.1) is 11.6 Å². The number of morpholine rings is 1. The SMILES string of the molecule is C=CC(=O)N1CCN(c2c3c4n(c(=O)c2C#N)C(CN2CCOCC2)CCC4=C(c2ccc(F)cc2F)C(C)(Cl)C3)[C@@H](C)C1. The van der Waals surface area contributed by atoms with Gasteiger partial charge in [0, 0.05) is 62.5 Å². The molecular weight excluding hydrogens is 588 g/mol. The summed E-state index contributed by atoms with van der Waals surface area (Å²) in [6, 6.07) is 5.33. The number of carbonyl (C=O) groups excluding carboxylic acids is 1. The fourth-order valence-corrected chi connectivity index (χ4v) is 7.89. The largest absolute Gasteiger partial charge is 0.379 e. The molecule has 0 bridgehead atoms. The summed E-state index contributed by atoms with van der Waals surface area (Å²) in [6.45, 7) is 12.0. The Hall–Kier alpha value is -3.52. The van der Waals surface area contributed by atoms with E-state index in [1.165, 1.54) is 18.2 Å². The summed E-state index contributed by atoms with van der Waals surface area (Å²) < 4.78 is 36.7. The van der Waals surface area contributed by atoms with Crippen LogP contribution in [0.25, 0.3) is 11.1 Å². The molecule has 0 radical (unpaired) electrons. The second-order valence-electron chi connectivity index (χ2n) is 12.3. The Morgan fingerprint density at radius 2 is 2.00 bits per heavy atom. The highest BCUT2D eigenvalue weighted by atomic mass is 35.5. The van der Waals surface area contributed by atoms with E-state index in [2.05, 4.69) is 17.5 Å². The number of nitrogens with zero attached hydrogens (tertiary/aromatic N) is 5. The van der Waals surface area contributed by atoms with Gasteiger partial charge in [0.15, 0.2) is 0 Å². The van der Waals surface area contributed by atoms with Crippen molar-refractivity contribution in [2.75, 3.05) is 57.4 Å². The van der Waals surface area contributed by atoms with E-state index < -0.39 is 16.5 Å². The number of ether oxygens (including phenoxy) is 1. The molecule has 1 aromatic heterocycles. The second-order valence-corrected chi connectivity index (χ2v) is 13.2. The zero-order valence-corrected chi connectivity index (χ0v) is 25.8. The Labute approximate surface area is 260 Å². The Kier molecular flexibility index (Phi) is 8.16. The predicted octanol–water partition coefficient (Wildman–Crippen LogP) is 4.35. The number of piperazine rings is 1. The maximum Gasteiger partial charge on any atom is 0.271 e. The molecule has 2 unspecified atom stereocenters. The van der Waals surface area contributed by atoms with Crippen LogP contribution in [0.2, 0.25) is 0 Å². The molecule has 3 atom stereocenters. The molecule has 4 aliphatic rings. The third kappa shape index (κ3) is 5.15. The van der Waals surface area contributed by atoms with Gasteiger partial charge in [0.25, 0.3) is 5.56 Å². The van der Waals surface area contributed by atoms with E-state index in [1.807, 2.05) is 18.7 Å². The molecule has 44 heavy (non-hydrogen) atoms. The monoisotopic (exact) mass is 623 g/mol. The van der Waals surface area contributed by atoms with Crippen molar-refractivity contribution in [2.45, 2.75) is 50.1 Å². The smallest absolute Gasteiger partial charge is 0.271 e. The van der Waals surface area contributed by atoms with Crippen molar-refractivity contribution in [1.29, 1.82) is 5.26 Å². The van der Waals surface area contributed by atoms with Gasteiger partial charge in [-0.25, -0.2) is 8.78 Å². The van der Waals surface area contributed by atoms with Crippen molar-refractivity contribution in [2.24, 2.45) is 0 Å². The third-order valence-corrected chi connectivity index (χ3v) is 9.80. The highest BCUT2D eigenvalue weighted by Crippen LogP contribution is 2.53. The summed E-state index contributed by atoms with van der Waals surface area (Å²) in [7, 11) is 0. The number of amides is 1. The number of carbonyl (C=O) groups is 1. The van der Waals surface area contributed by atoms with Crippen LogP contribution in [-0.2, 0) is 16.0 Å². The lowest BCUT2D eigenvalue weighted by Crippen LogP contribution is -2.55. The maximum atomic E-state index is 15.4. The lowest BCUT2D eigenvalue weighted by Gasteiger charge is -2.46. The quantitative estimate of drug-likeness (QED) is 0.364. The van der Waals surface area contributed by atoms with Crippen LogP contribution in [0.1, 0.15) is 55.1 Å². The normalized spacial score (nSPS) is 25.5. The Morgan fingerprint density at radius 1 is 1.25 bits per heavy atom. The van der Waals surface area contributed by atoms with E-state index in [9.17, 15) is 19.2 Å². The molecule has 0 N–H and O–H groups in total. The first-order valence-electron chi connectivity index (χ1n) is 15.1. The van der Waals surface area contributed by atoms with Crippen molar-refractivity contribution < 1.29 is 18.3 Å². The summed E-state index contributed by atoms with van der Waals surface area (Å²) >= 11 is 7.33. The number of pyridine rings is 1. The highest BCUT2D eigenvalue weighted by Gasteiger charge is 2.45. The number of rotatable bonds is 5. The average molecular weight is 624 g/mol. The molecule has 0 spiro atoms. The van der Waals surface area contributed by atoms with Crippen LogP contribution >= 0.6 is 11.6 Å². The molecule has 1 amide bonds. The van der Waals surface area contributed by atoms with Crippen LogP contribution in [0.15, 0.2) is 35.6 Å². The van der Waals surface area contributed by atoms with Gasteiger partial charge in [0.05, 0.1) is 35.5 Å². The average Bonchev–Trinajstić information content (AvgIpc) is 2.99. The number of alkyl halides is 1. The van der Waals surface area contributed by atoms with Gasteiger partial charge in [0.2, 0.25) is 5.91 Å². The van der Waals surface area contributed by atoms with Gasteiger partial charge in [-0.1, -0.05) is 6.58 Å². The van der Waals surface area contributed by atoms with E-state index in [0.29, 0.717) is 69.2 Å². The lowest BCUT2D eigenvalue weighted by molar-refractivity contribution is -0.126. The summed E-state index contributed by atoms with van der Waals surface area (Å²) in [4.78, 5) is 31.8. The van der Waals surface area contributed by atoms with Crippen molar-refractivity contribution in [1.82, 2.24) is 14.4 Å². The minimum absolute atomic E-state index is 0.0520. The molecule has 1 aliphatic carbocycles. The van der Waals surface area contributed by atoms with Crippen molar-refractivity contribution in [3.63, 3.8) is 0 Å². The van der Waals surface area contributed by atoms with Gasteiger partial charge in [-0.2, -0.15) is 5.26 Å². The van der Waals surface area contributed by atoms with Crippen molar-refractivity contribution in [3.05, 3.63) is 75.2 Å². The molecule has 232 valence electrons. The molecule has 0 saturated carbocycles. The lowest BCUT2D eigenvalue weighted by atomic mass is 9.73. The Bertz CT molecular complexity index is 1660. The number of hydrogen-bond acceptors (Lipinski definition) is 6. The summed E-state index contributed by atoms with van der Waals surface area (Å²) in [5.74, 6) is -1.56. The molecule has 11 heteroatoms. The van der Waals surface area contributed by atoms with E-state index in [4.69, 9.17) is 16.3 Å². The number of benzene rings is 1. The number of hydrogen-bond donors (Lipinski definition) is 0. The second kappa shape index (κ2) is 11.8. The topological polar surface area (TPSA) is 81.8 Å². The van der Waals surface area contributed by atoms with Crippen LogP contribution in [0, 0.1) is 23.0 Å². The van der Waals surface area contributed by atoms with Crippen molar-refractivity contribution >= 4 is 34.3 Å². The molecule has 1 aromatic carbocycles. The van der Waals surface area contributed by atoms with Crippen LogP contribution < -0.4 is 10.5 Å². The number of nitriles is 1. The van der Waals surface area contributed by atoms with E-state index in [0.717, 1.165) is 30.3 Å². The third-order valence-electron chi connectivity index (χ3n) is 9.48. The van der Waals surface area contributed by atoms with E-state index in [-0.39, 0.29) is 41.1 Å². The molecule has 8 nitrogen and oxygen atoms in total. The summed E-state index contributed by atoms with van der Waals surface area (Å²) in [5.41, 5.74) is 3.18. The molecule has 2 aromatic rings. The zero-order valence-electron chi connectivity index (χ0n) is 25.0. The minimum Gasteiger partial charge on any atom is -0.379 e. The van der Waals surface area contributed by atoms with Crippen LogP contribution in [-0.4, -0.2) is 83.7 Å². The first-order chi connectivity index (χ1) is 21.1. The van der Waals surface area contributed by atoms with Gasteiger partial charge in [0.1, 0.15) is 23.3 Å². The summed E-state index contributed by atoms with van der Waals surface area (Å²) in [6.07, 6.45) is 2.66. The van der Waals surface area contributed by atoms with Gasteiger partial charge in [-0.3, -0.25) is 14.5 Å². The zero-order chi connectivity index (χ0) is 31.3. The van der Waals surface area contributed by atoms with E-state index >= 15 is 4.39 Å². The van der Waals surface area contributed by atoms with Crippen LogP contribution in [0.3, 0.4) is 0 Å². The maximum absolute atomic E-state index is 15.4. The highest BCUT2D eigenvalue weighted by molar-refractivity contribution is 6.32. The fraction of sp³-hybridized carbons (Fsp3) is 0.485. The van der Waals surface area contributed by atoms with Crippen LogP contribution in [0.4, 0.5) is 14.5 Å². The molecular formula is C33H36ClF2N5O3. The molecule has 3 aliphatic heterocycles. The first-order valence-corrected chi connectivity index (χ1v) is 15.5. The predicted molar refractivity (Wildman–Crippen MR) is 166 cm³/mol. The Balaban J connectivity index is 1.59. The van der Waals surface area contributed by atoms with Gasteiger partial charge in [-0.05, 0) is 62.5 Å². The number of anilines is 1. The number of halogens is 3. The first kappa shape index (κ1) is 30.5. The van der Waals surface area contributed by atoms with Gasteiger partial charge < -0.3 is 19.1 Å². The molecule has 2 saturated heterocycles. The van der Waals surface area contributed by atoms with E-state index in [1.54, 1.807) is 9.47 Å². The van der Waals surface area contributed by atoms with Crippen molar-refractivity contribution in [3.8, 4) is 6.07 Å². The van der Waals surface area contributed by atoms with Gasteiger partial charge >= 0.3 is 0 Å². The fourth-order valence-electron chi connectivity index (χ4n) is 7.54. The molecule has 2 fully saturated rings. The molecule has 6 rings (SSSR count). The minimum atomic E-state index is -1.11. The Morgan fingerprint density at radius 3 is 2.66 bits per heavy atom. The van der Waals surface area contributed by atoms with Crippen LogP contribution in [0.5, 0.6) is 0 Å². The molecule has 4 heterocycles. The number of aromatic nitrogens is 1.